The van der Waals surface area contributed by atoms with Crippen LogP contribution in [0.3, 0.4) is 0 Å². The molecule has 0 spiro atoms. The van der Waals surface area contributed by atoms with E-state index in [-0.39, 0.29) is 29.6 Å². The number of hydrogen-bond donors (Lipinski definition) is 1. The highest BCUT2D eigenvalue weighted by Crippen LogP contribution is 2.39. The van der Waals surface area contributed by atoms with Gasteiger partial charge in [0.1, 0.15) is 0 Å². The average Bonchev–Trinajstić information content (AvgIpc) is 3.35. The molecule has 1 saturated heterocycles. The number of anilines is 2. The lowest BCUT2D eigenvalue weighted by Gasteiger charge is -2.19. The van der Waals surface area contributed by atoms with Crippen molar-refractivity contribution < 1.29 is 17.2 Å². The Labute approximate surface area is 182 Å². The first-order chi connectivity index (χ1) is 15.4. The van der Waals surface area contributed by atoms with Gasteiger partial charge in [0.05, 0.1) is 34.8 Å². The summed E-state index contributed by atoms with van der Waals surface area (Å²) in [4.78, 5) is 14.0. The van der Waals surface area contributed by atoms with Crippen LogP contribution in [-0.4, -0.2) is 52.8 Å². The highest BCUT2D eigenvalue weighted by atomic mass is 32.2. The molecule has 1 fully saturated rings. The third-order valence-corrected chi connectivity index (χ3v) is 7.07. The summed E-state index contributed by atoms with van der Waals surface area (Å²) in [7, 11) is -4.01. The van der Waals surface area contributed by atoms with Crippen molar-refractivity contribution in [3.8, 4) is 11.3 Å². The Balaban J connectivity index is 1.80. The van der Waals surface area contributed by atoms with Crippen molar-refractivity contribution in [1.29, 1.82) is 0 Å². The molecular weight excluding hydrogens is 438 g/mol. The molecule has 3 aromatic heterocycles. The lowest BCUT2D eigenvalue weighted by atomic mass is 10.1. The Kier molecular flexibility index (Phi) is 4.77. The lowest BCUT2D eigenvalue weighted by Crippen LogP contribution is -2.21. The first kappa shape index (κ1) is 20.3. The van der Waals surface area contributed by atoms with Crippen LogP contribution in [0.4, 0.5) is 20.4 Å². The van der Waals surface area contributed by atoms with Gasteiger partial charge in [-0.25, -0.2) is 36.1 Å². The molecule has 1 aromatic carbocycles. The monoisotopic (exact) mass is 456 g/mol. The number of benzene rings is 1. The fourth-order valence-electron chi connectivity index (χ4n) is 3.90. The van der Waals surface area contributed by atoms with Gasteiger partial charge in [-0.05, 0) is 24.3 Å². The van der Waals surface area contributed by atoms with E-state index in [4.69, 9.17) is 5.73 Å². The summed E-state index contributed by atoms with van der Waals surface area (Å²) < 4.78 is 55.9. The Hall–Kier alpha value is -3.60. The summed E-state index contributed by atoms with van der Waals surface area (Å²) in [5, 5.41) is 0.409. The molecular formula is C21H18F2N6O2S. The van der Waals surface area contributed by atoms with Crippen molar-refractivity contribution in [2.75, 3.05) is 23.7 Å². The highest BCUT2D eigenvalue weighted by Gasteiger charge is 2.35. The Morgan fingerprint density at radius 1 is 0.969 bits per heavy atom. The maximum Gasteiger partial charge on any atom is 0.269 e. The number of alkyl halides is 2. The third kappa shape index (κ3) is 3.25. The van der Waals surface area contributed by atoms with Gasteiger partial charge in [-0.15, -0.1) is 0 Å². The summed E-state index contributed by atoms with van der Waals surface area (Å²) >= 11 is 0. The minimum atomic E-state index is -4.01. The van der Waals surface area contributed by atoms with Crippen molar-refractivity contribution >= 4 is 32.7 Å². The van der Waals surface area contributed by atoms with E-state index in [0.29, 0.717) is 22.3 Å². The summed E-state index contributed by atoms with van der Waals surface area (Å²) in [5.74, 6) is 0.00794. The van der Waals surface area contributed by atoms with E-state index in [2.05, 4.69) is 15.0 Å². The van der Waals surface area contributed by atoms with Crippen LogP contribution < -0.4 is 10.6 Å². The van der Waals surface area contributed by atoms with Crippen molar-refractivity contribution in [2.24, 2.45) is 0 Å². The predicted molar refractivity (Wildman–Crippen MR) is 116 cm³/mol. The van der Waals surface area contributed by atoms with Crippen molar-refractivity contribution in [3.63, 3.8) is 0 Å². The zero-order chi connectivity index (χ0) is 22.5. The summed E-state index contributed by atoms with van der Waals surface area (Å²) in [6.45, 7) is -0.301. The number of nitrogen functional groups attached to an aromatic ring is 1. The molecule has 0 bridgehead atoms. The number of halogens is 2. The topological polar surface area (TPSA) is 107 Å². The van der Waals surface area contributed by atoms with E-state index in [1.165, 1.54) is 30.7 Å². The molecule has 2 N–H and O–H groups in total. The van der Waals surface area contributed by atoms with E-state index in [9.17, 15) is 17.2 Å². The maximum atomic E-state index is 14.0. The van der Waals surface area contributed by atoms with E-state index in [1.54, 1.807) is 35.2 Å². The van der Waals surface area contributed by atoms with Crippen LogP contribution >= 0.6 is 0 Å². The minimum Gasteiger partial charge on any atom is -0.368 e. The zero-order valence-corrected chi connectivity index (χ0v) is 17.5. The van der Waals surface area contributed by atoms with Gasteiger partial charge in [-0.2, -0.15) is 0 Å². The highest BCUT2D eigenvalue weighted by molar-refractivity contribution is 7.90. The van der Waals surface area contributed by atoms with E-state index in [1.807, 2.05) is 0 Å². The quantitative estimate of drug-likeness (QED) is 0.503. The second-order valence-electron chi connectivity index (χ2n) is 7.42. The van der Waals surface area contributed by atoms with Crippen LogP contribution in [0.1, 0.15) is 0 Å². The van der Waals surface area contributed by atoms with E-state index >= 15 is 0 Å². The number of nitrogens with two attached hydrogens (primary N) is 1. The second kappa shape index (κ2) is 7.52. The molecule has 32 heavy (non-hydrogen) atoms. The number of rotatable bonds is 4. The molecule has 0 radical (unpaired) electrons. The predicted octanol–water partition coefficient (Wildman–Crippen LogP) is 2.81. The van der Waals surface area contributed by atoms with Gasteiger partial charge in [0.25, 0.3) is 10.0 Å². The number of nitrogens with zero attached hydrogens (tertiary/aromatic N) is 5. The maximum absolute atomic E-state index is 14.0. The molecule has 1 aliphatic rings. The van der Waals surface area contributed by atoms with Gasteiger partial charge in [0.2, 0.25) is 5.95 Å². The number of pyridine rings is 1. The summed E-state index contributed by atoms with van der Waals surface area (Å²) in [6.07, 6.45) is 1.01. The Morgan fingerprint density at radius 2 is 1.66 bits per heavy atom. The average molecular weight is 456 g/mol. The first-order valence-electron chi connectivity index (χ1n) is 9.79. The summed E-state index contributed by atoms with van der Waals surface area (Å²) in [6, 6.07) is 11.1. The lowest BCUT2D eigenvalue weighted by molar-refractivity contribution is 0.217. The van der Waals surface area contributed by atoms with E-state index in [0.717, 1.165) is 3.97 Å². The minimum absolute atomic E-state index is 0.00794. The SMILES string of the molecule is Nc1nccc(-c2cn(S(=O)(=O)c3ccccc3)c3nccc(N4C[C@H](F)[C@@H](F)C4)c23)n1. The molecule has 1 aliphatic heterocycles. The molecule has 0 amide bonds. The third-order valence-electron chi connectivity index (χ3n) is 5.41. The van der Waals surface area contributed by atoms with E-state index < -0.39 is 22.4 Å². The summed E-state index contributed by atoms with van der Waals surface area (Å²) in [5.41, 5.74) is 7.11. The Morgan fingerprint density at radius 3 is 2.34 bits per heavy atom. The fourth-order valence-corrected chi connectivity index (χ4v) is 5.24. The molecule has 4 heterocycles. The molecule has 0 unspecified atom stereocenters. The largest absolute Gasteiger partial charge is 0.368 e. The zero-order valence-electron chi connectivity index (χ0n) is 16.6. The van der Waals surface area contributed by atoms with Gasteiger partial charge in [-0.3, -0.25) is 0 Å². The smallest absolute Gasteiger partial charge is 0.269 e. The van der Waals surface area contributed by atoms with Gasteiger partial charge < -0.3 is 10.6 Å². The molecule has 164 valence electrons. The molecule has 11 heteroatoms. The second-order valence-corrected chi connectivity index (χ2v) is 9.24. The molecule has 0 aliphatic carbocycles. The van der Waals surface area contributed by atoms with Crippen molar-refractivity contribution in [2.45, 2.75) is 17.2 Å². The van der Waals surface area contributed by atoms with Gasteiger partial charge in [0, 0.05) is 24.2 Å². The molecule has 2 atom stereocenters. The fraction of sp³-hybridized carbons (Fsp3) is 0.190. The number of fused-ring (bicyclic) bond motifs is 1. The van der Waals surface area contributed by atoms with Gasteiger partial charge in [0.15, 0.2) is 18.0 Å². The van der Waals surface area contributed by atoms with Crippen LogP contribution in [0.2, 0.25) is 0 Å². The van der Waals surface area contributed by atoms with Crippen LogP contribution in [0, 0.1) is 0 Å². The standard InChI is InChI=1S/C21H18F2N6O2S/c22-15-11-28(12-16(15)23)18-7-9-25-20-19(18)14(17-6-8-26-21(24)27-17)10-29(20)32(30,31)13-4-2-1-3-5-13/h1-10,15-16H,11-12H2,(H2,24,26,27)/t15-,16-/m0/s1. The molecule has 5 rings (SSSR count). The molecule has 4 aromatic rings. The van der Waals surface area contributed by atoms with Crippen LogP contribution in [0.25, 0.3) is 22.3 Å². The van der Waals surface area contributed by atoms with Gasteiger partial charge in [-0.1, -0.05) is 18.2 Å². The van der Waals surface area contributed by atoms with Crippen LogP contribution in [0.15, 0.2) is 66.0 Å². The normalized spacial score (nSPS) is 19.0. The Bertz CT molecular complexity index is 1400. The van der Waals surface area contributed by atoms with Crippen LogP contribution in [-0.2, 0) is 10.0 Å². The molecule has 0 saturated carbocycles. The number of aromatic nitrogens is 4. The van der Waals surface area contributed by atoms with Gasteiger partial charge >= 0.3 is 0 Å². The van der Waals surface area contributed by atoms with Crippen molar-refractivity contribution in [3.05, 3.63) is 61.1 Å². The molecule has 8 nitrogen and oxygen atoms in total. The van der Waals surface area contributed by atoms with Crippen molar-refractivity contribution in [1.82, 2.24) is 18.9 Å². The number of hydrogen-bond acceptors (Lipinski definition) is 7. The van der Waals surface area contributed by atoms with Crippen LogP contribution in [0.5, 0.6) is 0 Å². The first-order valence-corrected chi connectivity index (χ1v) is 11.2.